The minimum Gasteiger partial charge on any atom is -0.324 e. The van der Waals surface area contributed by atoms with Crippen LogP contribution in [0.4, 0.5) is 0 Å². The van der Waals surface area contributed by atoms with Crippen molar-refractivity contribution in [3.05, 3.63) is 23.3 Å². The van der Waals surface area contributed by atoms with E-state index >= 15 is 0 Å². The number of aromatic nitrogens is 2. The molecule has 0 saturated carbocycles. The van der Waals surface area contributed by atoms with Gasteiger partial charge in [-0.05, 0) is 13.0 Å². The summed E-state index contributed by atoms with van der Waals surface area (Å²) in [7, 11) is 0. The van der Waals surface area contributed by atoms with Gasteiger partial charge in [0.15, 0.2) is 0 Å². The van der Waals surface area contributed by atoms with E-state index in [1.165, 1.54) is 12.0 Å². The molecule has 0 amide bonds. The van der Waals surface area contributed by atoms with Gasteiger partial charge in [-0.1, -0.05) is 6.92 Å². The zero-order valence-electron chi connectivity index (χ0n) is 8.53. The van der Waals surface area contributed by atoms with Crippen LogP contribution >= 0.6 is 0 Å². The summed E-state index contributed by atoms with van der Waals surface area (Å²) in [6, 6.07) is 0. The van der Waals surface area contributed by atoms with Crippen LogP contribution in [0.2, 0.25) is 0 Å². The number of hydrogen-bond acceptors (Lipinski definition) is 4. The fourth-order valence-corrected chi connectivity index (χ4v) is 1.83. The van der Waals surface area contributed by atoms with Crippen LogP contribution < -0.4 is 5.73 Å². The van der Waals surface area contributed by atoms with Gasteiger partial charge in [0, 0.05) is 24.8 Å². The Morgan fingerprint density at radius 2 is 2.36 bits per heavy atom. The lowest BCUT2D eigenvalue weighted by atomic mass is 10.3. The van der Waals surface area contributed by atoms with Crippen LogP contribution in [0, 0.1) is 0 Å². The molecule has 0 aromatic carbocycles. The Kier molecular flexibility index (Phi) is 2.74. The fraction of sp³-hybridized carbons (Fsp3) is 0.600. The van der Waals surface area contributed by atoms with Crippen molar-refractivity contribution in [2.75, 3.05) is 6.54 Å². The quantitative estimate of drug-likeness (QED) is 0.764. The predicted molar refractivity (Wildman–Crippen MR) is 54.3 cm³/mol. The van der Waals surface area contributed by atoms with Crippen LogP contribution in [-0.2, 0) is 19.6 Å². The van der Waals surface area contributed by atoms with Gasteiger partial charge in [0.2, 0.25) is 0 Å². The second-order valence-electron chi connectivity index (χ2n) is 3.67. The van der Waals surface area contributed by atoms with Crippen LogP contribution in [0.25, 0.3) is 0 Å². The smallest absolute Gasteiger partial charge is 0.142 e. The van der Waals surface area contributed by atoms with E-state index in [-0.39, 0.29) is 0 Å². The van der Waals surface area contributed by atoms with E-state index in [0.717, 1.165) is 31.2 Å². The molecule has 76 valence electrons. The molecule has 0 unspecified atom stereocenters. The van der Waals surface area contributed by atoms with Crippen molar-refractivity contribution in [1.82, 2.24) is 14.9 Å². The Labute approximate surface area is 84.2 Å². The minimum atomic E-state index is 0.432. The second kappa shape index (κ2) is 4.02. The highest BCUT2D eigenvalue weighted by Gasteiger charge is 2.19. The molecular weight excluding hydrogens is 176 g/mol. The molecule has 0 bridgehead atoms. The van der Waals surface area contributed by atoms with E-state index < -0.39 is 0 Å². The summed E-state index contributed by atoms with van der Waals surface area (Å²) in [5.74, 6) is 0.752. The molecule has 0 fully saturated rings. The highest BCUT2D eigenvalue weighted by Crippen LogP contribution is 2.19. The molecule has 0 saturated heterocycles. The number of hydrogen-bond donors (Lipinski definition) is 1. The van der Waals surface area contributed by atoms with Crippen molar-refractivity contribution in [3.63, 3.8) is 0 Å². The van der Waals surface area contributed by atoms with Crippen LogP contribution in [0.15, 0.2) is 6.20 Å². The SMILES string of the molecule is CCCN1Cc2cnc(CN)nc2C1. The van der Waals surface area contributed by atoms with Crippen molar-refractivity contribution in [1.29, 1.82) is 0 Å². The van der Waals surface area contributed by atoms with Gasteiger partial charge in [0.05, 0.1) is 12.2 Å². The molecular formula is C10H16N4. The molecule has 0 atom stereocenters. The summed E-state index contributed by atoms with van der Waals surface area (Å²) in [5, 5.41) is 0. The van der Waals surface area contributed by atoms with E-state index in [9.17, 15) is 0 Å². The third kappa shape index (κ3) is 1.76. The molecule has 2 heterocycles. The number of rotatable bonds is 3. The monoisotopic (exact) mass is 192 g/mol. The maximum atomic E-state index is 5.50. The van der Waals surface area contributed by atoms with Gasteiger partial charge < -0.3 is 5.73 Å². The third-order valence-corrected chi connectivity index (χ3v) is 2.49. The van der Waals surface area contributed by atoms with Crippen LogP contribution in [0.5, 0.6) is 0 Å². The van der Waals surface area contributed by atoms with Gasteiger partial charge in [-0.3, -0.25) is 4.90 Å². The van der Waals surface area contributed by atoms with E-state index in [2.05, 4.69) is 21.8 Å². The summed E-state index contributed by atoms with van der Waals surface area (Å²) in [6.45, 7) is 5.71. The number of nitrogens with two attached hydrogens (primary N) is 1. The highest BCUT2D eigenvalue weighted by molar-refractivity contribution is 5.21. The molecule has 2 N–H and O–H groups in total. The van der Waals surface area contributed by atoms with Crippen molar-refractivity contribution in [2.24, 2.45) is 5.73 Å². The highest BCUT2D eigenvalue weighted by atomic mass is 15.2. The van der Waals surface area contributed by atoms with Crippen molar-refractivity contribution < 1.29 is 0 Å². The Bertz CT molecular complexity index is 324. The number of nitrogens with zero attached hydrogens (tertiary/aromatic N) is 3. The Morgan fingerprint density at radius 1 is 1.50 bits per heavy atom. The second-order valence-corrected chi connectivity index (χ2v) is 3.67. The van der Waals surface area contributed by atoms with E-state index in [0.29, 0.717) is 6.54 Å². The van der Waals surface area contributed by atoms with Gasteiger partial charge >= 0.3 is 0 Å². The molecule has 2 rings (SSSR count). The molecule has 1 aliphatic rings. The van der Waals surface area contributed by atoms with Crippen LogP contribution in [0.3, 0.4) is 0 Å². The van der Waals surface area contributed by atoms with Crippen molar-refractivity contribution in [3.8, 4) is 0 Å². The summed E-state index contributed by atoms with van der Waals surface area (Å²) >= 11 is 0. The lowest BCUT2D eigenvalue weighted by Crippen LogP contribution is -2.16. The van der Waals surface area contributed by atoms with Gasteiger partial charge in [0.25, 0.3) is 0 Å². The molecule has 1 aliphatic heterocycles. The minimum absolute atomic E-state index is 0.432. The zero-order valence-corrected chi connectivity index (χ0v) is 8.53. The molecule has 0 spiro atoms. The summed E-state index contributed by atoms with van der Waals surface area (Å²) in [6.07, 6.45) is 3.10. The van der Waals surface area contributed by atoms with Crippen molar-refractivity contribution in [2.45, 2.75) is 33.0 Å². The standard InChI is InChI=1S/C10H16N4/c1-2-3-14-6-8-5-12-10(4-11)13-9(8)7-14/h5H,2-4,6-7,11H2,1H3. The molecule has 4 heteroatoms. The average molecular weight is 192 g/mol. The van der Waals surface area contributed by atoms with Gasteiger partial charge in [-0.25, -0.2) is 9.97 Å². The van der Waals surface area contributed by atoms with E-state index in [4.69, 9.17) is 5.73 Å². The van der Waals surface area contributed by atoms with E-state index in [1.54, 1.807) is 0 Å². The first kappa shape index (κ1) is 9.55. The van der Waals surface area contributed by atoms with Gasteiger partial charge in [0.1, 0.15) is 5.82 Å². The van der Waals surface area contributed by atoms with Gasteiger partial charge in [-0.15, -0.1) is 0 Å². The maximum absolute atomic E-state index is 5.50. The first-order valence-electron chi connectivity index (χ1n) is 5.09. The van der Waals surface area contributed by atoms with E-state index in [1.807, 2.05) is 6.20 Å². The normalized spacial score (nSPS) is 15.9. The third-order valence-electron chi connectivity index (χ3n) is 2.49. The predicted octanol–water partition coefficient (Wildman–Crippen LogP) is 0.661. The van der Waals surface area contributed by atoms with Crippen LogP contribution in [0.1, 0.15) is 30.4 Å². The largest absolute Gasteiger partial charge is 0.324 e. The molecule has 0 aliphatic carbocycles. The molecule has 4 nitrogen and oxygen atoms in total. The molecule has 0 radical (unpaired) electrons. The number of fused-ring (bicyclic) bond motifs is 1. The summed E-state index contributed by atoms with van der Waals surface area (Å²) in [4.78, 5) is 11.0. The zero-order chi connectivity index (χ0) is 9.97. The maximum Gasteiger partial charge on any atom is 0.142 e. The lowest BCUT2D eigenvalue weighted by molar-refractivity contribution is 0.283. The first-order chi connectivity index (χ1) is 6.83. The van der Waals surface area contributed by atoms with Gasteiger partial charge in [-0.2, -0.15) is 0 Å². The molecule has 1 aromatic rings. The average Bonchev–Trinajstić information content (AvgIpc) is 2.59. The Morgan fingerprint density at radius 3 is 3.07 bits per heavy atom. The summed E-state index contributed by atoms with van der Waals surface area (Å²) in [5.41, 5.74) is 7.92. The summed E-state index contributed by atoms with van der Waals surface area (Å²) < 4.78 is 0. The molecule has 14 heavy (non-hydrogen) atoms. The Balaban J connectivity index is 2.14. The lowest BCUT2D eigenvalue weighted by Gasteiger charge is -2.11. The topological polar surface area (TPSA) is 55.0 Å². The Hall–Kier alpha value is -1.00. The fourth-order valence-electron chi connectivity index (χ4n) is 1.83. The first-order valence-corrected chi connectivity index (χ1v) is 5.09. The van der Waals surface area contributed by atoms with Crippen molar-refractivity contribution >= 4 is 0 Å². The van der Waals surface area contributed by atoms with Crippen LogP contribution in [-0.4, -0.2) is 21.4 Å². The molecule has 1 aromatic heterocycles.